The summed E-state index contributed by atoms with van der Waals surface area (Å²) in [7, 11) is 0. The minimum absolute atomic E-state index is 0. The highest BCUT2D eigenvalue weighted by molar-refractivity contribution is 5.06. The maximum Gasteiger partial charge on any atom is 0.0102 e. The van der Waals surface area contributed by atoms with Gasteiger partial charge in [0.1, 0.15) is 0 Å². The second-order valence-corrected chi connectivity index (χ2v) is 33.1. The van der Waals surface area contributed by atoms with Gasteiger partial charge in [0.15, 0.2) is 0 Å². The molecule has 7 heterocycles. The van der Waals surface area contributed by atoms with E-state index in [1.165, 1.54) is 163 Å². The zero-order valence-corrected chi connectivity index (χ0v) is 58.0. The summed E-state index contributed by atoms with van der Waals surface area (Å²) < 4.78 is 0. The van der Waals surface area contributed by atoms with Gasteiger partial charge in [-0.05, 0) is 208 Å². The topological polar surface area (TPSA) is 19.4 Å². The van der Waals surface area contributed by atoms with Crippen molar-refractivity contribution in [3.05, 3.63) is 0 Å². The Morgan fingerprint density at radius 2 is 0.612 bits per heavy atom. The van der Waals surface area contributed by atoms with Gasteiger partial charge in [-0.3, -0.25) is 4.90 Å². The maximum atomic E-state index is 2.82. The first kappa shape index (κ1) is 93.5. The van der Waals surface area contributed by atoms with E-state index in [1.54, 1.807) is 0 Å². The first-order chi connectivity index (χ1) is 36.4. The molecule has 0 spiro atoms. The fraction of sp³-hybridized carbons (Fsp3) is 1.00. The zero-order valence-electron chi connectivity index (χ0n) is 58.0. The number of piperidine rings is 4. The molecule has 0 aromatic heterocycles. The fourth-order valence-electron chi connectivity index (χ4n) is 15.3. The van der Waals surface area contributed by atoms with E-state index in [0.717, 1.165) is 125 Å². The normalized spacial score (nSPS) is 26.0. The molecule has 0 aromatic carbocycles. The lowest BCUT2D eigenvalue weighted by Gasteiger charge is -2.42. The number of hydrogen-bond donors (Lipinski definition) is 0. The van der Waals surface area contributed by atoms with Crippen molar-refractivity contribution in [1.82, 2.24) is 29.4 Å². The Morgan fingerprint density at radius 1 is 0.306 bits per heavy atom. The smallest absolute Gasteiger partial charge is 0.0102 e. The highest BCUT2D eigenvalue weighted by Gasteiger charge is 2.56. The predicted molar refractivity (Wildman–Crippen MR) is 396 cm³/mol. The lowest BCUT2D eigenvalue weighted by atomic mass is 9.72. The van der Waals surface area contributed by atoms with Crippen molar-refractivity contribution in [2.24, 2.45) is 118 Å². The Kier molecular flexibility index (Phi) is 50.5. The quantitative estimate of drug-likeness (QED) is 0.135. The summed E-state index contributed by atoms with van der Waals surface area (Å²) in [6.45, 7) is 80.0. The Bertz CT molecular complexity index is 1470. The standard InChI is InChI=1S/C14H27N.C13H27N.C12H23N.C12H25N.C11H23N.C10H21N.7CH4/c1-10(2)9-15-13-5-6-14(15)8-12(7-13)11(3)4;1-11(2)10-14-8-6-13(5,7-9-14)12(3)4;1-8(2)5-13-6-10-11(7-13)12(10)9(3)4;1-10(2)9-13-7-5-12(6-8-13)11(3)4;1-9(2)7-12-6-5-11(8-12)10(3)4;1-8(2)5-11-6-10(7-11)9(3)4;;;;;;;/h10-14H,5-9H2,1-4H3;11-12H,6-10H2,1-5H3;8-12H,5-7H2,1-4H3;10-12H,5-9H2,1-4H3;9-11H,5-8H2,1-4H3;8-10H,5-7H2,1-4H3;7*1H4. The van der Waals surface area contributed by atoms with Crippen LogP contribution in [0.3, 0.4) is 0 Å². The van der Waals surface area contributed by atoms with Crippen LogP contribution in [0.15, 0.2) is 0 Å². The number of rotatable bonds is 18. The zero-order chi connectivity index (χ0) is 58.8. The molecular formula is C79H174N6. The van der Waals surface area contributed by atoms with Crippen molar-refractivity contribution in [3.63, 3.8) is 0 Å². The first-order valence-electron chi connectivity index (χ1n) is 34.8. The second kappa shape index (κ2) is 45.9. The Hall–Kier alpha value is -0.240. The van der Waals surface area contributed by atoms with Crippen LogP contribution in [-0.2, 0) is 0 Å². The number of nitrogens with zero attached hydrogens (tertiary/aromatic N) is 6. The molecule has 7 saturated heterocycles. The van der Waals surface area contributed by atoms with Gasteiger partial charge in [-0.1, -0.05) is 225 Å². The summed E-state index contributed by atoms with van der Waals surface area (Å²) >= 11 is 0. The molecule has 0 amide bonds. The summed E-state index contributed by atoms with van der Waals surface area (Å²) in [5.41, 5.74) is 0.605. The van der Waals surface area contributed by atoms with E-state index in [1.807, 2.05) is 0 Å². The molecule has 6 nitrogen and oxygen atoms in total. The van der Waals surface area contributed by atoms with Crippen molar-refractivity contribution >= 4 is 0 Å². The van der Waals surface area contributed by atoms with Crippen LogP contribution in [0.4, 0.5) is 0 Å². The second-order valence-electron chi connectivity index (χ2n) is 33.1. The lowest BCUT2D eigenvalue weighted by Crippen LogP contribution is -2.50. The van der Waals surface area contributed by atoms with Crippen LogP contribution in [0.5, 0.6) is 0 Å². The van der Waals surface area contributed by atoms with Crippen molar-refractivity contribution in [3.8, 4) is 0 Å². The molecule has 0 N–H and O–H groups in total. The van der Waals surface area contributed by atoms with Crippen LogP contribution in [0.25, 0.3) is 0 Å². The summed E-state index contributed by atoms with van der Waals surface area (Å²) in [4.78, 5) is 15.9. The number of fused-ring (bicyclic) bond motifs is 3. The molecule has 7 aliphatic heterocycles. The Labute approximate surface area is 544 Å². The van der Waals surface area contributed by atoms with Gasteiger partial charge in [-0.25, -0.2) is 0 Å². The van der Waals surface area contributed by atoms with Crippen LogP contribution >= 0.6 is 0 Å². The molecule has 5 atom stereocenters. The van der Waals surface area contributed by atoms with Gasteiger partial charge in [0.05, 0.1) is 0 Å². The van der Waals surface area contributed by atoms with Gasteiger partial charge >= 0.3 is 0 Å². The molecule has 1 aliphatic carbocycles. The van der Waals surface area contributed by atoms with E-state index >= 15 is 0 Å². The molecule has 8 rings (SSSR count). The van der Waals surface area contributed by atoms with Crippen LogP contribution < -0.4 is 0 Å². The van der Waals surface area contributed by atoms with Crippen LogP contribution in [0.1, 0.15) is 283 Å². The fourth-order valence-corrected chi connectivity index (χ4v) is 15.3. The minimum atomic E-state index is 0. The molecule has 0 radical (unpaired) electrons. The Morgan fingerprint density at radius 3 is 0.941 bits per heavy atom. The van der Waals surface area contributed by atoms with Crippen LogP contribution in [0, 0.1) is 118 Å². The molecule has 8 aliphatic rings. The number of hydrogen-bond acceptors (Lipinski definition) is 6. The predicted octanol–water partition coefficient (Wildman–Crippen LogP) is 21.7. The van der Waals surface area contributed by atoms with Gasteiger partial charge in [-0.2, -0.15) is 0 Å². The number of likely N-dealkylation sites (tertiary alicyclic amines) is 5. The molecule has 85 heavy (non-hydrogen) atoms. The minimum Gasteiger partial charge on any atom is -0.303 e. The molecule has 1 saturated carbocycles. The highest BCUT2D eigenvalue weighted by Crippen LogP contribution is 2.55. The van der Waals surface area contributed by atoms with E-state index in [9.17, 15) is 0 Å². The molecule has 0 aromatic rings. The third-order valence-electron chi connectivity index (χ3n) is 20.8. The summed E-state index contributed by atoms with van der Waals surface area (Å²) in [5.74, 6) is 17.5. The van der Waals surface area contributed by atoms with Crippen molar-refractivity contribution in [2.45, 2.75) is 295 Å². The largest absolute Gasteiger partial charge is 0.303 e. The van der Waals surface area contributed by atoms with E-state index < -0.39 is 0 Å². The van der Waals surface area contributed by atoms with Crippen LogP contribution in [-0.4, -0.2) is 146 Å². The van der Waals surface area contributed by atoms with Gasteiger partial charge in [0.25, 0.3) is 0 Å². The molecule has 5 unspecified atom stereocenters. The lowest BCUT2D eigenvalue weighted by molar-refractivity contribution is 0.0579. The Balaban J connectivity index is -0.000000297. The molecule has 520 valence electrons. The van der Waals surface area contributed by atoms with Gasteiger partial charge in [-0.15, -0.1) is 0 Å². The first-order valence-corrected chi connectivity index (χ1v) is 34.8. The van der Waals surface area contributed by atoms with Crippen LogP contribution in [0.2, 0.25) is 0 Å². The molecule has 6 heteroatoms. The van der Waals surface area contributed by atoms with Gasteiger partial charge in [0, 0.05) is 84.1 Å². The summed E-state index contributed by atoms with van der Waals surface area (Å²) in [6.07, 6.45) is 12.9. The third-order valence-corrected chi connectivity index (χ3v) is 20.8. The molecule has 8 fully saturated rings. The molecule has 2 bridgehead atoms. The summed E-state index contributed by atoms with van der Waals surface area (Å²) in [6, 6.07) is 1.86. The average molecular weight is 1210 g/mol. The monoisotopic (exact) mass is 1210 g/mol. The van der Waals surface area contributed by atoms with Gasteiger partial charge in [0.2, 0.25) is 0 Å². The maximum absolute atomic E-state index is 2.82. The molecular weight excluding hydrogens is 1030 g/mol. The van der Waals surface area contributed by atoms with Crippen molar-refractivity contribution in [1.29, 1.82) is 0 Å². The average Bonchev–Trinajstić information content (AvgIpc) is 3.48. The van der Waals surface area contributed by atoms with E-state index in [2.05, 4.69) is 202 Å². The van der Waals surface area contributed by atoms with E-state index in [4.69, 9.17) is 0 Å². The highest BCUT2D eigenvalue weighted by atomic mass is 15.2. The van der Waals surface area contributed by atoms with Gasteiger partial charge < -0.3 is 24.5 Å². The summed E-state index contributed by atoms with van der Waals surface area (Å²) in [5, 5.41) is 0. The van der Waals surface area contributed by atoms with E-state index in [0.29, 0.717) is 5.41 Å². The van der Waals surface area contributed by atoms with E-state index in [-0.39, 0.29) is 52.0 Å². The van der Waals surface area contributed by atoms with Crippen molar-refractivity contribution in [2.75, 3.05) is 105 Å². The third kappa shape index (κ3) is 34.3. The SMILES string of the molecule is C.C.C.C.C.C.C.CC(C)CN1C2CCC1CC(C(C)C)C2.CC(C)CN1CC(C(C)C)C1.CC(C)CN1CC2C(C1)C2C(C)C.CC(C)CN1CCC(C(C)C)C1.CC(C)CN1CCC(C(C)C)CC1.CC(C)CN1CCC(C)(C(C)C)CC1. The van der Waals surface area contributed by atoms with Crippen molar-refractivity contribution < 1.29 is 0 Å².